The van der Waals surface area contributed by atoms with Gasteiger partial charge in [-0.15, -0.1) is 0 Å². The van der Waals surface area contributed by atoms with Gasteiger partial charge in [-0.05, 0) is 53.1 Å². The molecule has 0 bridgehead atoms. The summed E-state index contributed by atoms with van der Waals surface area (Å²) in [5.41, 5.74) is 10.7. The molecule has 4 nitrogen and oxygen atoms in total. The van der Waals surface area contributed by atoms with Gasteiger partial charge in [0.2, 0.25) is 0 Å². The van der Waals surface area contributed by atoms with Crippen LogP contribution in [0.15, 0.2) is 72.8 Å². The Morgan fingerprint density at radius 2 is 1.44 bits per heavy atom. The van der Waals surface area contributed by atoms with Crippen LogP contribution in [-0.4, -0.2) is 12.9 Å². The summed E-state index contributed by atoms with van der Waals surface area (Å²) in [6, 6.07) is 24.1. The Bertz CT molecular complexity index is 838. The topological polar surface area (TPSA) is 71.1 Å². The van der Waals surface area contributed by atoms with Crippen LogP contribution in [0.5, 0.6) is 5.75 Å². The number of nitrogens with two attached hydrogens (primary N) is 1. The van der Waals surface area contributed by atoms with Gasteiger partial charge in [-0.2, -0.15) is 0 Å². The molecule has 0 aliphatic heterocycles. The Kier molecular flexibility index (Phi) is 5.00. The number of nitrogen functional groups attached to an aromatic ring is 1. The van der Waals surface area contributed by atoms with Crippen LogP contribution in [0.3, 0.4) is 0 Å². The third-order valence-corrected chi connectivity index (χ3v) is 4.07. The van der Waals surface area contributed by atoms with Crippen molar-refractivity contribution in [2.45, 2.75) is 6.54 Å². The van der Waals surface area contributed by atoms with Crippen molar-refractivity contribution in [1.29, 1.82) is 5.41 Å². The summed E-state index contributed by atoms with van der Waals surface area (Å²) in [7, 11) is 1.67. The van der Waals surface area contributed by atoms with E-state index < -0.39 is 0 Å². The van der Waals surface area contributed by atoms with Crippen LogP contribution < -0.4 is 15.8 Å². The van der Waals surface area contributed by atoms with E-state index >= 15 is 0 Å². The minimum absolute atomic E-state index is 0.0840. The number of amidine groups is 1. The van der Waals surface area contributed by atoms with E-state index in [9.17, 15) is 0 Å². The largest absolute Gasteiger partial charge is 0.497 e. The van der Waals surface area contributed by atoms with Gasteiger partial charge in [0.25, 0.3) is 0 Å². The maximum atomic E-state index is 7.41. The Hall–Kier alpha value is -3.27. The smallest absolute Gasteiger partial charge is 0.122 e. The number of ether oxygens (including phenoxy) is 1. The molecule has 0 aliphatic rings. The zero-order valence-corrected chi connectivity index (χ0v) is 14.1. The molecule has 3 rings (SSSR count). The van der Waals surface area contributed by atoms with Crippen molar-refractivity contribution in [3.05, 3.63) is 83.9 Å². The fraction of sp³-hybridized carbons (Fsp3) is 0.0952. The molecule has 0 fully saturated rings. The number of rotatable bonds is 6. The molecular weight excluding hydrogens is 310 g/mol. The van der Waals surface area contributed by atoms with E-state index in [1.54, 1.807) is 7.11 Å². The molecule has 0 saturated heterocycles. The van der Waals surface area contributed by atoms with E-state index in [1.807, 2.05) is 36.4 Å². The van der Waals surface area contributed by atoms with E-state index in [0.29, 0.717) is 0 Å². The maximum Gasteiger partial charge on any atom is 0.122 e. The number of anilines is 1. The first-order chi connectivity index (χ1) is 12.2. The van der Waals surface area contributed by atoms with Crippen LogP contribution in [-0.2, 0) is 6.54 Å². The van der Waals surface area contributed by atoms with Crippen molar-refractivity contribution < 1.29 is 4.74 Å². The lowest BCUT2D eigenvalue weighted by atomic mass is 10.0. The van der Waals surface area contributed by atoms with E-state index in [4.69, 9.17) is 15.9 Å². The highest BCUT2D eigenvalue weighted by atomic mass is 16.5. The molecular formula is C21H21N3O. The Morgan fingerprint density at radius 1 is 0.880 bits per heavy atom. The predicted molar refractivity (Wildman–Crippen MR) is 103 cm³/mol. The van der Waals surface area contributed by atoms with Gasteiger partial charge in [-0.1, -0.05) is 36.4 Å². The second kappa shape index (κ2) is 7.53. The van der Waals surface area contributed by atoms with Gasteiger partial charge < -0.3 is 15.8 Å². The third-order valence-electron chi connectivity index (χ3n) is 4.07. The zero-order chi connectivity index (χ0) is 17.6. The summed E-state index contributed by atoms with van der Waals surface area (Å²) in [4.78, 5) is 0. The molecule has 0 atom stereocenters. The molecule has 4 N–H and O–H groups in total. The average molecular weight is 331 g/mol. The van der Waals surface area contributed by atoms with Crippen molar-refractivity contribution in [2.75, 3.05) is 12.4 Å². The molecule has 0 saturated carbocycles. The summed E-state index contributed by atoms with van der Waals surface area (Å²) >= 11 is 0. The van der Waals surface area contributed by atoms with Crippen molar-refractivity contribution in [3.8, 4) is 16.9 Å². The fourth-order valence-electron chi connectivity index (χ4n) is 2.57. The molecule has 3 aromatic carbocycles. The fourth-order valence-corrected chi connectivity index (χ4v) is 2.57. The lowest BCUT2D eigenvalue weighted by molar-refractivity contribution is 0.415. The van der Waals surface area contributed by atoms with Gasteiger partial charge in [0.05, 0.1) is 7.11 Å². The Labute approximate surface area is 147 Å². The highest BCUT2D eigenvalue weighted by Crippen LogP contribution is 2.23. The number of hydrogen-bond donors (Lipinski definition) is 3. The Balaban J connectivity index is 1.63. The van der Waals surface area contributed by atoms with Crippen LogP contribution >= 0.6 is 0 Å². The number of hydrogen-bond acceptors (Lipinski definition) is 3. The van der Waals surface area contributed by atoms with E-state index in [-0.39, 0.29) is 5.84 Å². The van der Waals surface area contributed by atoms with Crippen LogP contribution in [0.2, 0.25) is 0 Å². The summed E-state index contributed by atoms with van der Waals surface area (Å²) in [5.74, 6) is 0.945. The summed E-state index contributed by atoms with van der Waals surface area (Å²) < 4.78 is 5.19. The first kappa shape index (κ1) is 16.6. The first-order valence-corrected chi connectivity index (χ1v) is 8.07. The van der Waals surface area contributed by atoms with Gasteiger partial charge in [-0.3, -0.25) is 5.41 Å². The molecule has 0 amide bonds. The van der Waals surface area contributed by atoms with E-state index in [1.165, 1.54) is 16.7 Å². The normalized spacial score (nSPS) is 10.3. The second-order valence-electron chi connectivity index (χ2n) is 5.77. The van der Waals surface area contributed by atoms with Crippen LogP contribution in [0.25, 0.3) is 11.1 Å². The minimum Gasteiger partial charge on any atom is -0.497 e. The monoisotopic (exact) mass is 331 g/mol. The number of methoxy groups -OCH3 is 1. The van der Waals surface area contributed by atoms with E-state index in [0.717, 1.165) is 23.5 Å². The Morgan fingerprint density at radius 3 is 1.96 bits per heavy atom. The standard InChI is InChI=1S/C21H21N3O/c1-25-20-12-8-17(9-13-20)16-4-2-15(3-5-16)14-24-19-10-6-18(7-11-19)21(22)23/h2-13,24H,14H2,1H3,(H3,22,23). The van der Waals surface area contributed by atoms with Crippen molar-refractivity contribution in [1.82, 2.24) is 0 Å². The second-order valence-corrected chi connectivity index (χ2v) is 5.77. The molecule has 0 radical (unpaired) electrons. The highest BCUT2D eigenvalue weighted by molar-refractivity contribution is 5.95. The molecule has 0 spiro atoms. The molecule has 0 unspecified atom stereocenters. The van der Waals surface area contributed by atoms with Gasteiger partial charge in [-0.25, -0.2) is 0 Å². The number of benzene rings is 3. The lowest BCUT2D eigenvalue weighted by Crippen LogP contribution is -2.10. The molecule has 0 aromatic heterocycles. The van der Waals surface area contributed by atoms with Crippen molar-refractivity contribution >= 4 is 11.5 Å². The maximum absolute atomic E-state index is 7.41. The molecule has 3 aromatic rings. The quantitative estimate of drug-likeness (QED) is 0.467. The molecule has 4 heteroatoms. The van der Waals surface area contributed by atoms with Gasteiger partial charge in [0.1, 0.15) is 11.6 Å². The first-order valence-electron chi connectivity index (χ1n) is 8.07. The van der Waals surface area contributed by atoms with Gasteiger partial charge >= 0.3 is 0 Å². The average Bonchev–Trinajstić information content (AvgIpc) is 2.67. The summed E-state index contributed by atoms with van der Waals surface area (Å²) in [6.45, 7) is 0.738. The highest BCUT2D eigenvalue weighted by Gasteiger charge is 2.00. The van der Waals surface area contributed by atoms with Crippen molar-refractivity contribution in [2.24, 2.45) is 5.73 Å². The van der Waals surface area contributed by atoms with Crippen LogP contribution in [0.1, 0.15) is 11.1 Å². The summed E-state index contributed by atoms with van der Waals surface area (Å²) in [5, 5.41) is 10.8. The molecule has 126 valence electrons. The lowest BCUT2D eigenvalue weighted by Gasteiger charge is -2.09. The molecule has 0 aliphatic carbocycles. The van der Waals surface area contributed by atoms with E-state index in [2.05, 4.69) is 41.7 Å². The summed E-state index contributed by atoms with van der Waals surface area (Å²) in [6.07, 6.45) is 0. The predicted octanol–water partition coefficient (Wildman–Crippen LogP) is 4.26. The minimum atomic E-state index is 0.0840. The van der Waals surface area contributed by atoms with Gasteiger partial charge in [0, 0.05) is 17.8 Å². The zero-order valence-electron chi connectivity index (χ0n) is 14.1. The SMILES string of the molecule is COc1ccc(-c2ccc(CNc3ccc(C(=N)N)cc3)cc2)cc1. The number of nitrogens with one attached hydrogen (secondary N) is 2. The third kappa shape index (κ3) is 4.18. The van der Waals surface area contributed by atoms with Crippen LogP contribution in [0, 0.1) is 5.41 Å². The molecule has 0 heterocycles. The molecule has 25 heavy (non-hydrogen) atoms. The van der Waals surface area contributed by atoms with Crippen LogP contribution in [0.4, 0.5) is 5.69 Å². The van der Waals surface area contributed by atoms with Gasteiger partial charge in [0.15, 0.2) is 0 Å². The van der Waals surface area contributed by atoms with Crippen molar-refractivity contribution in [3.63, 3.8) is 0 Å².